The zero-order valence-corrected chi connectivity index (χ0v) is 13.6. The van der Waals surface area contributed by atoms with Crippen molar-refractivity contribution in [2.75, 3.05) is 12.4 Å². The number of anilines is 1. The second kappa shape index (κ2) is 6.28. The number of aromatic nitrogens is 5. The maximum atomic E-state index is 14.3. The lowest BCUT2D eigenvalue weighted by Gasteiger charge is -2.09. The van der Waals surface area contributed by atoms with E-state index in [1.54, 1.807) is 24.3 Å². The molecule has 0 aliphatic carbocycles. The molecule has 0 radical (unpaired) electrons. The maximum absolute atomic E-state index is 14.3. The Kier molecular flexibility index (Phi) is 3.81. The molecule has 0 fully saturated rings. The summed E-state index contributed by atoms with van der Waals surface area (Å²) in [5, 5.41) is 16.5. The molecule has 0 saturated carbocycles. The van der Waals surface area contributed by atoms with Crippen LogP contribution in [0.1, 0.15) is 10.5 Å². The van der Waals surface area contributed by atoms with Crippen molar-refractivity contribution in [3.05, 3.63) is 54.2 Å². The smallest absolute Gasteiger partial charge is 0.274 e. The highest BCUT2D eigenvalue weighted by Crippen LogP contribution is 2.33. The van der Waals surface area contributed by atoms with Gasteiger partial charge in [-0.2, -0.15) is 10.2 Å². The summed E-state index contributed by atoms with van der Waals surface area (Å²) in [6.45, 7) is 0. The van der Waals surface area contributed by atoms with Crippen molar-refractivity contribution in [1.82, 2.24) is 25.4 Å². The summed E-state index contributed by atoms with van der Waals surface area (Å²) in [6, 6.07) is 7.73. The monoisotopic (exact) mass is 352 g/mol. The van der Waals surface area contributed by atoms with E-state index in [9.17, 15) is 9.18 Å². The number of amides is 1. The number of rotatable bonds is 4. The number of pyridine rings is 1. The van der Waals surface area contributed by atoms with E-state index in [-0.39, 0.29) is 5.56 Å². The average Bonchev–Trinajstić information content (AvgIpc) is 3.31. The number of halogens is 1. The highest BCUT2D eigenvalue weighted by atomic mass is 19.1. The van der Waals surface area contributed by atoms with Gasteiger partial charge in [0.05, 0.1) is 30.1 Å². The van der Waals surface area contributed by atoms with E-state index in [4.69, 9.17) is 4.74 Å². The molecule has 0 unspecified atom stereocenters. The van der Waals surface area contributed by atoms with E-state index in [1.165, 1.54) is 25.6 Å². The Morgan fingerprint density at radius 3 is 2.92 bits per heavy atom. The van der Waals surface area contributed by atoms with Crippen LogP contribution in [-0.4, -0.2) is 38.4 Å². The Balaban J connectivity index is 1.77. The lowest BCUT2D eigenvalue weighted by Crippen LogP contribution is -2.12. The highest BCUT2D eigenvalue weighted by Gasteiger charge is 2.17. The standard InChI is InChI=1S/C17H13FN6O2/c1-26-14-4-2-3-10(18)15(14)12-7-9-13(8-19-12)23-24-16(9)21-17(25)11-5-6-20-22-11/h2-8H,1H3,(H,20,22)(H2,21,23,24,25). The van der Waals surface area contributed by atoms with Crippen LogP contribution in [0.3, 0.4) is 0 Å². The van der Waals surface area contributed by atoms with Crippen LogP contribution in [-0.2, 0) is 0 Å². The Labute approximate surface area is 146 Å². The highest BCUT2D eigenvalue weighted by molar-refractivity contribution is 6.07. The number of fused-ring (bicyclic) bond motifs is 1. The number of benzene rings is 1. The van der Waals surface area contributed by atoms with Crippen molar-refractivity contribution < 1.29 is 13.9 Å². The van der Waals surface area contributed by atoms with Gasteiger partial charge in [-0.15, -0.1) is 0 Å². The Morgan fingerprint density at radius 1 is 1.27 bits per heavy atom. The van der Waals surface area contributed by atoms with Crippen molar-refractivity contribution in [3.63, 3.8) is 0 Å². The molecule has 130 valence electrons. The molecule has 3 aromatic heterocycles. The third kappa shape index (κ3) is 2.65. The molecule has 4 aromatic rings. The molecule has 0 spiro atoms. The molecular formula is C17H13FN6O2. The number of carbonyl (C=O) groups is 1. The van der Waals surface area contributed by atoms with Gasteiger partial charge < -0.3 is 10.1 Å². The molecule has 3 N–H and O–H groups in total. The second-order valence-electron chi connectivity index (χ2n) is 5.43. The van der Waals surface area contributed by atoms with Crippen molar-refractivity contribution in [1.29, 1.82) is 0 Å². The van der Waals surface area contributed by atoms with Gasteiger partial charge in [0.15, 0.2) is 5.82 Å². The van der Waals surface area contributed by atoms with Crippen LogP contribution >= 0.6 is 0 Å². The predicted octanol–water partition coefficient (Wildman–Crippen LogP) is 2.75. The Morgan fingerprint density at radius 2 is 2.15 bits per heavy atom. The van der Waals surface area contributed by atoms with Crippen LogP contribution in [0, 0.1) is 5.82 Å². The van der Waals surface area contributed by atoms with E-state index in [0.29, 0.717) is 33.9 Å². The fraction of sp³-hybridized carbons (Fsp3) is 0.0588. The van der Waals surface area contributed by atoms with E-state index in [0.717, 1.165) is 0 Å². The Bertz CT molecular complexity index is 1090. The zero-order chi connectivity index (χ0) is 18.1. The van der Waals surface area contributed by atoms with Gasteiger partial charge in [0.1, 0.15) is 17.3 Å². The van der Waals surface area contributed by atoms with E-state index in [1.807, 2.05) is 0 Å². The lowest BCUT2D eigenvalue weighted by molar-refractivity contribution is 0.102. The fourth-order valence-electron chi connectivity index (χ4n) is 2.63. The first-order chi connectivity index (χ1) is 12.7. The van der Waals surface area contributed by atoms with Gasteiger partial charge in [0.2, 0.25) is 0 Å². The van der Waals surface area contributed by atoms with Crippen LogP contribution in [0.4, 0.5) is 10.2 Å². The van der Waals surface area contributed by atoms with Gasteiger partial charge >= 0.3 is 0 Å². The molecule has 3 heterocycles. The van der Waals surface area contributed by atoms with E-state index >= 15 is 0 Å². The minimum absolute atomic E-state index is 0.240. The normalized spacial score (nSPS) is 10.8. The quantitative estimate of drug-likeness (QED) is 0.523. The first-order valence-corrected chi connectivity index (χ1v) is 7.65. The van der Waals surface area contributed by atoms with E-state index < -0.39 is 11.7 Å². The van der Waals surface area contributed by atoms with E-state index in [2.05, 4.69) is 30.7 Å². The topological polar surface area (TPSA) is 109 Å². The first-order valence-electron chi connectivity index (χ1n) is 7.65. The lowest BCUT2D eigenvalue weighted by atomic mass is 10.1. The van der Waals surface area contributed by atoms with Gasteiger partial charge in [-0.05, 0) is 24.3 Å². The molecule has 1 amide bonds. The molecule has 0 aliphatic rings. The van der Waals surface area contributed by atoms with Gasteiger partial charge in [-0.3, -0.25) is 20.0 Å². The summed E-state index contributed by atoms with van der Waals surface area (Å²) in [4.78, 5) is 16.5. The number of methoxy groups -OCH3 is 1. The van der Waals surface area contributed by atoms with Gasteiger partial charge in [0.25, 0.3) is 5.91 Å². The number of hydrogen-bond donors (Lipinski definition) is 3. The molecule has 0 aliphatic heterocycles. The summed E-state index contributed by atoms with van der Waals surface area (Å²) in [6.07, 6.45) is 3.00. The number of ether oxygens (including phenoxy) is 1. The van der Waals surface area contributed by atoms with Gasteiger partial charge in [0, 0.05) is 11.6 Å². The van der Waals surface area contributed by atoms with Gasteiger partial charge in [-0.1, -0.05) is 6.07 Å². The second-order valence-corrected chi connectivity index (χ2v) is 5.43. The summed E-state index contributed by atoms with van der Waals surface area (Å²) in [5.74, 6) is -0.178. The van der Waals surface area contributed by atoms with Crippen LogP contribution in [0.2, 0.25) is 0 Å². The number of nitrogens with one attached hydrogen (secondary N) is 3. The predicted molar refractivity (Wildman–Crippen MR) is 92.4 cm³/mol. The minimum atomic E-state index is -0.456. The van der Waals surface area contributed by atoms with Crippen LogP contribution in [0.5, 0.6) is 5.75 Å². The first kappa shape index (κ1) is 15.8. The summed E-state index contributed by atoms with van der Waals surface area (Å²) in [5.41, 5.74) is 1.50. The molecule has 0 bridgehead atoms. The Hall–Kier alpha value is -3.75. The molecule has 0 saturated heterocycles. The summed E-state index contributed by atoms with van der Waals surface area (Å²) < 4.78 is 19.6. The molecule has 4 rings (SSSR count). The molecule has 1 aromatic carbocycles. The van der Waals surface area contributed by atoms with Crippen LogP contribution in [0.25, 0.3) is 22.2 Å². The molecule has 26 heavy (non-hydrogen) atoms. The summed E-state index contributed by atoms with van der Waals surface area (Å²) >= 11 is 0. The van der Waals surface area contributed by atoms with Gasteiger partial charge in [-0.25, -0.2) is 4.39 Å². The third-order valence-electron chi connectivity index (χ3n) is 3.88. The third-order valence-corrected chi connectivity index (χ3v) is 3.88. The maximum Gasteiger partial charge on any atom is 0.274 e. The number of aromatic amines is 2. The number of carbonyl (C=O) groups excluding carboxylic acids is 1. The van der Waals surface area contributed by atoms with Crippen molar-refractivity contribution in [2.24, 2.45) is 0 Å². The number of nitrogens with zero attached hydrogens (tertiary/aromatic N) is 3. The van der Waals surface area contributed by atoms with Crippen molar-refractivity contribution in [3.8, 4) is 17.0 Å². The van der Waals surface area contributed by atoms with Crippen molar-refractivity contribution in [2.45, 2.75) is 0 Å². The SMILES string of the molecule is COc1cccc(F)c1-c1cc2c(NC(=O)c3ccn[nH]3)n[nH]c2cn1. The molecule has 8 nitrogen and oxygen atoms in total. The largest absolute Gasteiger partial charge is 0.496 e. The average molecular weight is 352 g/mol. The van der Waals surface area contributed by atoms with Crippen molar-refractivity contribution >= 4 is 22.6 Å². The summed E-state index contributed by atoms with van der Waals surface area (Å²) in [7, 11) is 1.46. The van der Waals surface area contributed by atoms with Crippen LogP contribution in [0.15, 0.2) is 42.7 Å². The minimum Gasteiger partial charge on any atom is -0.496 e. The molecular weight excluding hydrogens is 339 g/mol. The number of hydrogen-bond acceptors (Lipinski definition) is 5. The fourth-order valence-corrected chi connectivity index (χ4v) is 2.63. The molecule has 9 heteroatoms. The molecule has 0 atom stereocenters. The van der Waals surface area contributed by atoms with Crippen LogP contribution < -0.4 is 10.1 Å². The zero-order valence-electron chi connectivity index (χ0n) is 13.6. The number of H-pyrrole nitrogens is 2.